The molecule has 0 saturated carbocycles. The number of hydrogen-bond acceptors (Lipinski definition) is 3. The standard InChI is InChI=1S/C20H32ClN3O.2ClH/c1-15(2)12-20(25)24-10-5-9-23(16(3)4)11-8-22-14-17-6-7-18(21)13-19(17)24;;/h6-7,13,15-16,22H,5,8-12,14H2,1-4H3;2*1H. The summed E-state index contributed by atoms with van der Waals surface area (Å²) in [5, 5.41) is 4.20. The van der Waals surface area contributed by atoms with Crippen LogP contribution < -0.4 is 10.2 Å². The average molecular weight is 439 g/mol. The molecule has 0 spiro atoms. The maximum atomic E-state index is 12.9. The Balaban J connectivity index is 0.00000338. The maximum absolute atomic E-state index is 12.9. The minimum Gasteiger partial charge on any atom is -0.312 e. The monoisotopic (exact) mass is 437 g/mol. The topological polar surface area (TPSA) is 35.6 Å². The van der Waals surface area contributed by atoms with Gasteiger partial charge in [0, 0.05) is 55.9 Å². The highest BCUT2D eigenvalue weighted by Crippen LogP contribution is 2.27. The smallest absolute Gasteiger partial charge is 0.227 e. The molecule has 0 unspecified atom stereocenters. The molecule has 1 aromatic carbocycles. The molecule has 2 rings (SSSR count). The third-order valence-corrected chi connectivity index (χ3v) is 4.91. The summed E-state index contributed by atoms with van der Waals surface area (Å²) in [5.74, 6) is 0.535. The number of benzene rings is 1. The van der Waals surface area contributed by atoms with E-state index in [0.29, 0.717) is 23.4 Å². The third kappa shape index (κ3) is 8.16. The van der Waals surface area contributed by atoms with Gasteiger partial charge in [-0.2, -0.15) is 0 Å². The first kappa shape index (κ1) is 26.5. The lowest BCUT2D eigenvalue weighted by Crippen LogP contribution is -2.39. The number of nitrogens with zero attached hydrogens (tertiary/aromatic N) is 2. The molecule has 4 nitrogen and oxygen atoms in total. The zero-order chi connectivity index (χ0) is 18.4. The van der Waals surface area contributed by atoms with Crippen LogP contribution >= 0.6 is 36.4 Å². The van der Waals surface area contributed by atoms with E-state index in [1.165, 1.54) is 0 Å². The average Bonchev–Trinajstić information content (AvgIpc) is 2.56. The molecule has 0 bridgehead atoms. The van der Waals surface area contributed by atoms with Gasteiger partial charge in [0.1, 0.15) is 0 Å². The van der Waals surface area contributed by atoms with Gasteiger partial charge in [0.2, 0.25) is 5.91 Å². The fourth-order valence-electron chi connectivity index (χ4n) is 3.28. The second-order valence-electron chi connectivity index (χ2n) is 7.58. The van der Waals surface area contributed by atoms with Gasteiger partial charge < -0.3 is 10.2 Å². The highest BCUT2D eigenvalue weighted by atomic mass is 35.5. The van der Waals surface area contributed by atoms with E-state index in [-0.39, 0.29) is 30.7 Å². The van der Waals surface area contributed by atoms with Crippen molar-refractivity contribution in [2.45, 2.75) is 53.1 Å². The van der Waals surface area contributed by atoms with Crippen LogP contribution in [-0.2, 0) is 11.3 Å². The van der Waals surface area contributed by atoms with Gasteiger partial charge in [-0.15, -0.1) is 24.8 Å². The van der Waals surface area contributed by atoms with Gasteiger partial charge in [-0.1, -0.05) is 31.5 Å². The number of rotatable bonds is 3. The lowest BCUT2D eigenvalue weighted by Gasteiger charge is -2.28. The minimum atomic E-state index is 0. The number of carbonyl (C=O) groups excluding carboxylic acids is 1. The van der Waals surface area contributed by atoms with Crippen molar-refractivity contribution < 1.29 is 4.79 Å². The quantitative estimate of drug-likeness (QED) is 0.738. The Hall–Kier alpha value is -0.520. The molecule has 1 aromatic rings. The van der Waals surface area contributed by atoms with Crippen molar-refractivity contribution in [2.24, 2.45) is 5.92 Å². The summed E-state index contributed by atoms with van der Waals surface area (Å²) < 4.78 is 0. The predicted molar refractivity (Wildman–Crippen MR) is 121 cm³/mol. The van der Waals surface area contributed by atoms with Crippen LogP contribution in [0.5, 0.6) is 0 Å². The molecule has 0 atom stereocenters. The van der Waals surface area contributed by atoms with Gasteiger partial charge in [0.25, 0.3) is 0 Å². The van der Waals surface area contributed by atoms with Crippen LogP contribution in [0.4, 0.5) is 5.69 Å². The van der Waals surface area contributed by atoms with Crippen LogP contribution in [0.25, 0.3) is 0 Å². The van der Waals surface area contributed by atoms with Gasteiger partial charge in [0.05, 0.1) is 0 Å². The first-order chi connectivity index (χ1) is 11.9. The van der Waals surface area contributed by atoms with Crippen molar-refractivity contribution >= 4 is 48.0 Å². The molecule has 1 heterocycles. The largest absolute Gasteiger partial charge is 0.312 e. The zero-order valence-corrected chi connectivity index (χ0v) is 19.2. The highest BCUT2D eigenvalue weighted by molar-refractivity contribution is 6.31. The Labute approximate surface area is 181 Å². The van der Waals surface area contributed by atoms with Gasteiger partial charge in [-0.3, -0.25) is 9.69 Å². The number of carbonyl (C=O) groups is 1. The number of hydrogen-bond donors (Lipinski definition) is 1. The van der Waals surface area contributed by atoms with E-state index >= 15 is 0 Å². The molecule has 0 saturated heterocycles. The van der Waals surface area contributed by atoms with Crippen molar-refractivity contribution in [3.8, 4) is 0 Å². The second kappa shape index (κ2) is 12.8. The molecule has 0 fully saturated rings. The van der Waals surface area contributed by atoms with Crippen molar-refractivity contribution in [1.29, 1.82) is 0 Å². The van der Waals surface area contributed by atoms with Gasteiger partial charge in [-0.05, 0) is 43.9 Å². The maximum Gasteiger partial charge on any atom is 0.227 e. The van der Waals surface area contributed by atoms with Crippen LogP contribution in [0.3, 0.4) is 0 Å². The van der Waals surface area contributed by atoms with Crippen molar-refractivity contribution in [2.75, 3.05) is 31.1 Å². The summed E-state index contributed by atoms with van der Waals surface area (Å²) in [7, 11) is 0. The van der Waals surface area contributed by atoms with E-state index in [2.05, 4.69) is 37.9 Å². The summed E-state index contributed by atoms with van der Waals surface area (Å²) in [6.07, 6.45) is 1.53. The number of nitrogens with one attached hydrogen (secondary N) is 1. The van der Waals surface area contributed by atoms with Gasteiger partial charge in [-0.25, -0.2) is 0 Å². The molecule has 156 valence electrons. The van der Waals surface area contributed by atoms with Crippen molar-refractivity contribution in [3.63, 3.8) is 0 Å². The molecule has 0 aromatic heterocycles. The summed E-state index contributed by atoms with van der Waals surface area (Å²) in [4.78, 5) is 17.3. The number of halogens is 3. The summed E-state index contributed by atoms with van der Waals surface area (Å²) in [6, 6.07) is 6.40. The van der Waals surface area contributed by atoms with Gasteiger partial charge >= 0.3 is 0 Å². The third-order valence-electron chi connectivity index (χ3n) is 4.67. The summed E-state index contributed by atoms with van der Waals surface area (Å²) in [5.41, 5.74) is 2.10. The Morgan fingerprint density at radius 2 is 1.85 bits per heavy atom. The first-order valence-electron chi connectivity index (χ1n) is 9.42. The molecule has 27 heavy (non-hydrogen) atoms. The molecule has 7 heteroatoms. The number of anilines is 1. The number of amides is 1. The molecule has 1 aliphatic rings. The molecular formula is C20H34Cl3N3O. The van der Waals surface area contributed by atoms with Crippen LogP contribution in [0.2, 0.25) is 5.02 Å². The minimum absolute atomic E-state index is 0. The number of fused-ring (bicyclic) bond motifs is 1. The molecular weight excluding hydrogens is 405 g/mol. The first-order valence-corrected chi connectivity index (χ1v) is 9.80. The molecule has 1 amide bonds. The predicted octanol–water partition coefficient (Wildman–Crippen LogP) is 4.77. The van der Waals surface area contributed by atoms with Crippen LogP contribution in [0.15, 0.2) is 18.2 Å². The molecule has 1 aliphatic heterocycles. The fourth-order valence-corrected chi connectivity index (χ4v) is 3.45. The van der Waals surface area contributed by atoms with E-state index in [1.807, 2.05) is 23.1 Å². The second-order valence-corrected chi connectivity index (χ2v) is 8.01. The molecule has 0 aliphatic carbocycles. The van der Waals surface area contributed by atoms with Gasteiger partial charge in [0.15, 0.2) is 0 Å². The zero-order valence-electron chi connectivity index (χ0n) is 16.8. The van der Waals surface area contributed by atoms with E-state index in [1.54, 1.807) is 0 Å². The molecule has 1 N–H and O–H groups in total. The van der Waals surface area contributed by atoms with Crippen LogP contribution in [-0.4, -0.2) is 43.0 Å². The normalized spacial score (nSPS) is 16.2. The Morgan fingerprint density at radius 1 is 1.15 bits per heavy atom. The highest BCUT2D eigenvalue weighted by Gasteiger charge is 2.21. The van der Waals surface area contributed by atoms with Crippen molar-refractivity contribution in [1.82, 2.24) is 10.2 Å². The molecule has 0 radical (unpaired) electrons. The lowest BCUT2D eigenvalue weighted by molar-refractivity contribution is -0.119. The fraction of sp³-hybridized carbons (Fsp3) is 0.650. The van der Waals surface area contributed by atoms with Crippen LogP contribution in [0.1, 0.15) is 46.1 Å². The SMILES string of the molecule is CC(C)CC(=O)N1CCCN(C(C)C)CCNCc2ccc(Cl)cc21.Cl.Cl. The van der Waals surface area contributed by atoms with E-state index in [9.17, 15) is 4.79 Å². The van der Waals surface area contributed by atoms with Crippen molar-refractivity contribution in [3.05, 3.63) is 28.8 Å². The Kier molecular flexibility index (Phi) is 12.6. The Bertz CT molecular complexity index is 582. The van der Waals surface area contributed by atoms with E-state index < -0.39 is 0 Å². The van der Waals surface area contributed by atoms with Crippen LogP contribution in [0, 0.1) is 5.92 Å². The lowest BCUT2D eigenvalue weighted by atomic mass is 10.1. The Morgan fingerprint density at radius 3 is 2.48 bits per heavy atom. The van der Waals surface area contributed by atoms with E-state index in [4.69, 9.17) is 11.6 Å². The summed E-state index contributed by atoms with van der Waals surface area (Å²) >= 11 is 6.25. The van der Waals surface area contributed by atoms with E-state index in [0.717, 1.165) is 50.4 Å². The summed E-state index contributed by atoms with van der Waals surface area (Å²) in [6.45, 7) is 13.1.